The molecule has 3 aromatic rings. The summed E-state index contributed by atoms with van der Waals surface area (Å²) in [6, 6.07) is 7.41. The molecule has 0 unspecified atom stereocenters. The highest BCUT2D eigenvalue weighted by Gasteiger charge is 2.16. The van der Waals surface area contributed by atoms with E-state index in [2.05, 4.69) is 5.16 Å². The number of carbonyl (C=O) groups excluding carboxylic acids is 1. The summed E-state index contributed by atoms with van der Waals surface area (Å²) in [7, 11) is 1.71. The van der Waals surface area contributed by atoms with Crippen LogP contribution >= 0.6 is 0 Å². The van der Waals surface area contributed by atoms with Crippen LogP contribution in [0.25, 0.3) is 11.1 Å². The van der Waals surface area contributed by atoms with E-state index in [0.29, 0.717) is 23.3 Å². The van der Waals surface area contributed by atoms with Gasteiger partial charge < -0.3 is 13.8 Å². The second kappa shape index (κ2) is 7.19. The number of hydrogen-bond donors (Lipinski definition) is 0. The van der Waals surface area contributed by atoms with Gasteiger partial charge in [-0.15, -0.1) is 0 Å². The first-order chi connectivity index (χ1) is 12.3. The number of hydrogen-bond acceptors (Lipinski definition) is 5. The minimum absolute atomic E-state index is 0.0759. The zero-order valence-corrected chi connectivity index (χ0v) is 15.5. The molecule has 0 bridgehead atoms. The zero-order chi connectivity index (χ0) is 18.8. The van der Waals surface area contributed by atoms with Crippen LogP contribution in [0, 0.1) is 6.92 Å². The third-order valence-corrected chi connectivity index (χ3v) is 4.34. The lowest BCUT2D eigenvalue weighted by Crippen LogP contribution is -2.28. The average Bonchev–Trinajstić information content (AvgIpc) is 3.17. The van der Waals surface area contributed by atoms with E-state index in [1.165, 1.54) is 4.57 Å². The molecule has 0 saturated heterocycles. The monoisotopic (exact) mass is 357 g/mol. The van der Waals surface area contributed by atoms with Gasteiger partial charge in [-0.2, -0.15) is 0 Å². The normalized spacial score (nSPS) is 11.4. The Labute approximate surface area is 151 Å². The van der Waals surface area contributed by atoms with E-state index in [4.69, 9.17) is 8.94 Å². The number of carbonyl (C=O) groups is 1. The minimum atomic E-state index is -0.445. The number of oxazole rings is 1. The molecule has 26 heavy (non-hydrogen) atoms. The summed E-state index contributed by atoms with van der Waals surface area (Å²) in [4.78, 5) is 26.0. The van der Waals surface area contributed by atoms with Crippen molar-refractivity contribution in [2.45, 2.75) is 46.2 Å². The van der Waals surface area contributed by atoms with Crippen LogP contribution in [0.4, 0.5) is 0 Å². The molecule has 0 atom stereocenters. The van der Waals surface area contributed by atoms with Crippen LogP contribution in [-0.4, -0.2) is 27.6 Å². The van der Waals surface area contributed by atoms with Gasteiger partial charge in [-0.1, -0.05) is 25.1 Å². The molecule has 2 heterocycles. The minimum Gasteiger partial charge on any atom is -0.408 e. The van der Waals surface area contributed by atoms with E-state index >= 15 is 0 Å². The summed E-state index contributed by atoms with van der Waals surface area (Å²) in [5, 5.41) is 4.00. The topological polar surface area (TPSA) is 81.5 Å². The highest BCUT2D eigenvalue weighted by molar-refractivity contribution is 5.77. The van der Waals surface area contributed by atoms with Gasteiger partial charge in [-0.3, -0.25) is 9.36 Å². The first-order valence-corrected chi connectivity index (χ1v) is 8.64. The number of aryl methyl sites for hydroxylation is 2. The summed E-state index contributed by atoms with van der Waals surface area (Å²) in [5.41, 5.74) is 2.99. The van der Waals surface area contributed by atoms with Crippen LogP contribution in [0.1, 0.15) is 43.2 Å². The molecule has 0 N–H and O–H groups in total. The lowest BCUT2D eigenvalue weighted by molar-refractivity contribution is -0.130. The molecule has 0 aliphatic carbocycles. The van der Waals surface area contributed by atoms with Crippen LogP contribution in [-0.2, 0) is 17.9 Å². The largest absolute Gasteiger partial charge is 0.419 e. The van der Waals surface area contributed by atoms with E-state index < -0.39 is 5.76 Å². The van der Waals surface area contributed by atoms with Crippen LogP contribution < -0.4 is 5.76 Å². The Hall–Kier alpha value is -2.83. The van der Waals surface area contributed by atoms with Gasteiger partial charge in [0, 0.05) is 32.0 Å². The molecular formula is C19H23N3O4. The number of rotatable bonds is 6. The summed E-state index contributed by atoms with van der Waals surface area (Å²) in [6.45, 7) is 6.63. The number of benzene rings is 1. The van der Waals surface area contributed by atoms with Crippen LogP contribution in [0.2, 0.25) is 0 Å². The van der Waals surface area contributed by atoms with E-state index in [9.17, 15) is 9.59 Å². The molecule has 0 aliphatic rings. The first kappa shape index (κ1) is 18.0. The molecule has 0 aliphatic heterocycles. The smallest absolute Gasteiger partial charge is 0.408 e. The molecule has 1 aromatic carbocycles. The lowest BCUT2D eigenvalue weighted by Gasteiger charge is -2.15. The van der Waals surface area contributed by atoms with Crippen molar-refractivity contribution in [3.05, 3.63) is 51.8 Å². The Balaban J connectivity index is 1.65. The van der Waals surface area contributed by atoms with Crippen LogP contribution in [0.15, 0.2) is 38.0 Å². The summed E-state index contributed by atoms with van der Waals surface area (Å²) < 4.78 is 12.0. The fourth-order valence-corrected chi connectivity index (χ4v) is 2.79. The predicted octanol–water partition coefficient (Wildman–Crippen LogP) is 3.06. The van der Waals surface area contributed by atoms with Crippen molar-refractivity contribution in [3.63, 3.8) is 0 Å². The van der Waals surface area contributed by atoms with Gasteiger partial charge in [0.2, 0.25) is 5.91 Å². The van der Waals surface area contributed by atoms with Crippen molar-refractivity contribution < 1.29 is 13.7 Å². The average molecular weight is 357 g/mol. The number of fused-ring (bicyclic) bond motifs is 1. The van der Waals surface area contributed by atoms with Crippen molar-refractivity contribution >= 4 is 17.0 Å². The molecule has 3 rings (SSSR count). The van der Waals surface area contributed by atoms with Crippen LogP contribution in [0.5, 0.6) is 0 Å². The van der Waals surface area contributed by atoms with Crippen molar-refractivity contribution in [1.29, 1.82) is 0 Å². The second-order valence-electron chi connectivity index (χ2n) is 6.87. The third-order valence-electron chi connectivity index (χ3n) is 4.34. The SMILES string of the molecule is Cc1ccc2oc(=O)n(CCC(=O)N(C)Cc3cc(C(C)C)on3)c2c1. The maximum absolute atomic E-state index is 12.4. The summed E-state index contributed by atoms with van der Waals surface area (Å²) in [6.07, 6.45) is 0.202. The quantitative estimate of drug-likeness (QED) is 0.677. The third kappa shape index (κ3) is 3.71. The van der Waals surface area contributed by atoms with E-state index in [1.54, 1.807) is 18.0 Å². The van der Waals surface area contributed by atoms with E-state index in [0.717, 1.165) is 11.3 Å². The van der Waals surface area contributed by atoms with Gasteiger partial charge in [-0.25, -0.2) is 4.79 Å². The molecule has 0 spiro atoms. The van der Waals surface area contributed by atoms with Gasteiger partial charge in [0.1, 0.15) is 11.5 Å². The molecule has 0 saturated carbocycles. The van der Waals surface area contributed by atoms with Gasteiger partial charge in [0.05, 0.1) is 12.1 Å². The number of amides is 1. The highest BCUT2D eigenvalue weighted by Crippen LogP contribution is 2.17. The molecule has 0 fully saturated rings. The first-order valence-electron chi connectivity index (χ1n) is 8.64. The predicted molar refractivity (Wildman–Crippen MR) is 96.9 cm³/mol. The molecule has 138 valence electrons. The lowest BCUT2D eigenvalue weighted by atomic mass is 10.1. The molecule has 7 nitrogen and oxygen atoms in total. The fourth-order valence-electron chi connectivity index (χ4n) is 2.79. The van der Waals surface area contributed by atoms with Crippen molar-refractivity contribution in [3.8, 4) is 0 Å². The zero-order valence-electron chi connectivity index (χ0n) is 15.5. The standard InChI is InChI=1S/C19H23N3O4/c1-12(2)17-10-14(20-26-17)11-21(4)18(23)7-8-22-15-9-13(3)5-6-16(15)25-19(22)24/h5-6,9-10,12H,7-8,11H2,1-4H3. The maximum atomic E-state index is 12.4. The molecule has 0 radical (unpaired) electrons. The van der Waals surface area contributed by atoms with Gasteiger partial charge >= 0.3 is 5.76 Å². The Morgan fingerprint density at radius 2 is 2.08 bits per heavy atom. The van der Waals surface area contributed by atoms with Crippen molar-refractivity contribution in [2.75, 3.05) is 7.05 Å². The van der Waals surface area contributed by atoms with E-state index in [-0.39, 0.29) is 24.8 Å². The molecule has 7 heteroatoms. The summed E-state index contributed by atoms with van der Waals surface area (Å²) in [5.74, 6) is 0.529. The highest BCUT2D eigenvalue weighted by atomic mass is 16.5. The van der Waals surface area contributed by atoms with Gasteiger partial charge in [-0.05, 0) is 24.6 Å². The molecule has 2 aromatic heterocycles. The Morgan fingerprint density at radius 1 is 1.31 bits per heavy atom. The molecule has 1 amide bonds. The van der Waals surface area contributed by atoms with E-state index in [1.807, 2.05) is 39.0 Å². The fraction of sp³-hybridized carbons (Fsp3) is 0.421. The van der Waals surface area contributed by atoms with Crippen molar-refractivity contribution in [1.82, 2.24) is 14.6 Å². The summed E-state index contributed by atoms with van der Waals surface area (Å²) >= 11 is 0. The van der Waals surface area contributed by atoms with Gasteiger partial charge in [0.15, 0.2) is 5.58 Å². The number of aromatic nitrogens is 2. The second-order valence-corrected chi connectivity index (χ2v) is 6.87. The molecular weight excluding hydrogens is 334 g/mol. The maximum Gasteiger partial charge on any atom is 0.419 e. The Morgan fingerprint density at radius 3 is 2.77 bits per heavy atom. The van der Waals surface area contributed by atoms with Crippen molar-refractivity contribution in [2.24, 2.45) is 0 Å². The number of nitrogens with zero attached hydrogens (tertiary/aromatic N) is 3. The van der Waals surface area contributed by atoms with Gasteiger partial charge in [0.25, 0.3) is 0 Å². The Bertz CT molecular complexity index is 980. The van der Waals surface area contributed by atoms with Crippen LogP contribution in [0.3, 0.4) is 0 Å². The Kier molecular flexibility index (Phi) is 4.97.